The van der Waals surface area contributed by atoms with Crippen LogP contribution in [-0.4, -0.2) is 15.7 Å². The van der Waals surface area contributed by atoms with Crippen LogP contribution in [0.4, 0.5) is 0 Å². The average Bonchev–Trinajstić information content (AvgIpc) is 3.09. The van der Waals surface area contributed by atoms with E-state index in [0.717, 1.165) is 10.4 Å². The topological polar surface area (TPSA) is 51.4 Å². The summed E-state index contributed by atoms with van der Waals surface area (Å²) in [5.74, 6) is 0. The van der Waals surface area contributed by atoms with Crippen LogP contribution >= 0.6 is 11.3 Å². The second-order valence-electron chi connectivity index (χ2n) is 4.90. The van der Waals surface area contributed by atoms with Crippen molar-refractivity contribution >= 4 is 34.2 Å². The molecular formula is C17H10N2O2S. The Morgan fingerprint density at radius 2 is 2.05 bits per heavy atom. The molecule has 4 aromatic rings. The van der Waals surface area contributed by atoms with Crippen LogP contribution in [0.3, 0.4) is 0 Å². The Kier molecular flexibility index (Phi) is 2.87. The minimum absolute atomic E-state index is 0.165. The fraction of sp³-hybridized carbons (Fsp3) is 0. The van der Waals surface area contributed by atoms with Crippen molar-refractivity contribution in [1.82, 2.24) is 9.38 Å². The standard InChI is InChI=1S/C17H10N2O2S/c20-10-12-3-1-7-19-16(12)18-14-6-5-11(9-13(14)17(19)21)15-4-2-8-22-15/h1-10H. The van der Waals surface area contributed by atoms with Crippen LogP contribution in [0.15, 0.2) is 58.8 Å². The third-order valence-electron chi connectivity index (χ3n) is 3.60. The van der Waals surface area contributed by atoms with E-state index >= 15 is 0 Å². The molecule has 0 atom stereocenters. The lowest BCUT2D eigenvalue weighted by Gasteiger charge is -2.06. The maximum absolute atomic E-state index is 12.7. The zero-order valence-corrected chi connectivity index (χ0v) is 12.2. The monoisotopic (exact) mass is 306 g/mol. The Bertz CT molecular complexity index is 1070. The Hall–Kier alpha value is -2.79. The van der Waals surface area contributed by atoms with E-state index in [0.29, 0.717) is 28.4 Å². The Balaban J connectivity index is 2.10. The SMILES string of the molecule is O=Cc1cccn2c(=O)c3cc(-c4cccs4)ccc3nc12. The van der Waals surface area contributed by atoms with Crippen LogP contribution in [0.2, 0.25) is 0 Å². The van der Waals surface area contributed by atoms with Crippen molar-refractivity contribution in [1.29, 1.82) is 0 Å². The van der Waals surface area contributed by atoms with Crippen LogP contribution in [0.5, 0.6) is 0 Å². The second kappa shape index (κ2) is 4.89. The fourth-order valence-electron chi connectivity index (χ4n) is 2.54. The van der Waals surface area contributed by atoms with E-state index in [9.17, 15) is 9.59 Å². The Morgan fingerprint density at radius 3 is 2.82 bits per heavy atom. The summed E-state index contributed by atoms with van der Waals surface area (Å²) in [6.07, 6.45) is 2.35. The van der Waals surface area contributed by atoms with Crippen LogP contribution in [0.25, 0.3) is 27.0 Å². The quantitative estimate of drug-likeness (QED) is 0.421. The highest BCUT2D eigenvalue weighted by Crippen LogP contribution is 2.26. The van der Waals surface area contributed by atoms with Gasteiger partial charge in [0, 0.05) is 11.1 Å². The summed E-state index contributed by atoms with van der Waals surface area (Å²) in [6, 6.07) is 13.0. The van der Waals surface area contributed by atoms with Gasteiger partial charge in [0.1, 0.15) is 0 Å². The molecular weight excluding hydrogens is 296 g/mol. The molecule has 22 heavy (non-hydrogen) atoms. The van der Waals surface area contributed by atoms with Gasteiger partial charge in [0.25, 0.3) is 5.56 Å². The number of thiophene rings is 1. The first-order valence-electron chi connectivity index (χ1n) is 6.72. The number of benzene rings is 1. The summed E-state index contributed by atoms with van der Waals surface area (Å²) in [6.45, 7) is 0. The second-order valence-corrected chi connectivity index (χ2v) is 5.85. The van der Waals surface area contributed by atoms with Crippen molar-refractivity contribution < 1.29 is 4.79 Å². The number of rotatable bonds is 2. The van der Waals surface area contributed by atoms with Crippen LogP contribution in [-0.2, 0) is 0 Å². The number of aromatic nitrogens is 2. The van der Waals surface area contributed by atoms with Crippen LogP contribution in [0.1, 0.15) is 10.4 Å². The van der Waals surface area contributed by atoms with Gasteiger partial charge in [-0.2, -0.15) is 0 Å². The number of hydrogen-bond donors (Lipinski definition) is 0. The number of pyridine rings is 1. The minimum Gasteiger partial charge on any atom is -0.298 e. The molecule has 106 valence electrons. The highest BCUT2D eigenvalue weighted by molar-refractivity contribution is 7.13. The van der Waals surface area contributed by atoms with Crippen LogP contribution < -0.4 is 5.56 Å². The normalized spacial score (nSPS) is 11.1. The van der Waals surface area contributed by atoms with Crippen LogP contribution in [0, 0.1) is 0 Å². The lowest BCUT2D eigenvalue weighted by atomic mass is 10.1. The molecule has 4 nitrogen and oxygen atoms in total. The van der Waals surface area contributed by atoms with Gasteiger partial charge >= 0.3 is 0 Å². The van der Waals surface area contributed by atoms with Gasteiger partial charge in [-0.15, -0.1) is 11.3 Å². The highest BCUT2D eigenvalue weighted by atomic mass is 32.1. The molecule has 0 unspecified atom stereocenters. The van der Waals surface area contributed by atoms with E-state index in [-0.39, 0.29) is 5.56 Å². The van der Waals surface area contributed by atoms with Crippen molar-refractivity contribution in [3.8, 4) is 10.4 Å². The summed E-state index contributed by atoms with van der Waals surface area (Å²) in [5.41, 5.74) is 2.22. The molecule has 5 heteroatoms. The van der Waals surface area contributed by atoms with Gasteiger partial charge in [-0.25, -0.2) is 4.98 Å². The van der Waals surface area contributed by atoms with Crippen molar-refractivity contribution in [2.75, 3.05) is 0 Å². The van der Waals surface area contributed by atoms with E-state index in [4.69, 9.17) is 0 Å². The first-order chi connectivity index (χ1) is 10.8. The summed E-state index contributed by atoms with van der Waals surface area (Å²) in [7, 11) is 0. The lowest BCUT2D eigenvalue weighted by molar-refractivity contribution is 0.112. The molecule has 0 saturated carbocycles. The van der Waals surface area contributed by atoms with Crippen molar-refractivity contribution in [3.63, 3.8) is 0 Å². The predicted molar refractivity (Wildman–Crippen MR) is 87.7 cm³/mol. The molecule has 0 amide bonds. The minimum atomic E-state index is -0.165. The van der Waals surface area contributed by atoms with Crippen molar-refractivity contribution in [2.24, 2.45) is 0 Å². The maximum atomic E-state index is 12.7. The number of nitrogens with zero attached hydrogens (tertiary/aromatic N) is 2. The van der Waals surface area contributed by atoms with Gasteiger partial charge in [-0.3, -0.25) is 14.0 Å². The molecule has 0 aliphatic carbocycles. The van der Waals surface area contributed by atoms with E-state index in [2.05, 4.69) is 4.98 Å². The van der Waals surface area contributed by atoms with Gasteiger partial charge < -0.3 is 0 Å². The summed E-state index contributed by atoms with van der Waals surface area (Å²) < 4.78 is 1.42. The molecule has 0 N–H and O–H groups in total. The molecule has 0 bridgehead atoms. The molecule has 0 aliphatic rings. The molecule has 0 spiro atoms. The average molecular weight is 306 g/mol. The van der Waals surface area contributed by atoms with Gasteiger partial charge in [-0.1, -0.05) is 12.1 Å². The summed E-state index contributed by atoms with van der Waals surface area (Å²) >= 11 is 1.62. The van der Waals surface area contributed by atoms with Crippen molar-refractivity contribution in [2.45, 2.75) is 0 Å². The van der Waals surface area contributed by atoms with E-state index < -0.39 is 0 Å². The predicted octanol–water partition coefficient (Wildman–Crippen LogP) is 3.39. The molecule has 0 aliphatic heterocycles. The van der Waals surface area contributed by atoms with Gasteiger partial charge in [0.05, 0.1) is 16.5 Å². The number of carbonyl (C=O) groups is 1. The molecule has 0 saturated heterocycles. The number of hydrogen-bond acceptors (Lipinski definition) is 4. The number of carbonyl (C=O) groups excluding carboxylic acids is 1. The van der Waals surface area contributed by atoms with E-state index in [1.54, 1.807) is 29.7 Å². The zero-order chi connectivity index (χ0) is 15.1. The van der Waals surface area contributed by atoms with Crippen molar-refractivity contribution in [3.05, 3.63) is 70.0 Å². The van der Waals surface area contributed by atoms with Gasteiger partial charge in [-0.05, 0) is 41.3 Å². The molecule has 4 rings (SSSR count). The largest absolute Gasteiger partial charge is 0.298 e. The summed E-state index contributed by atoms with van der Waals surface area (Å²) in [4.78, 5) is 29.4. The smallest absolute Gasteiger partial charge is 0.265 e. The molecule has 0 radical (unpaired) electrons. The molecule has 3 heterocycles. The van der Waals surface area contributed by atoms with E-state index in [1.165, 1.54) is 4.40 Å². The zero-order valence-electron chi connectivity index (χ0n) is 11.4. The number of aldehydes is 1. The van der Waals surface area contributed by atoms with Gasteiger partial charge in [0.2, 0.25) is 0 Å². The highest BCUT2D eigenvalue weighted by Gasteiger charge is 2.10. The lowest BCUT2D eigenvalue weighted by Crippen LogP contribution is -2.16. The van der Waals surface area contributed by atoms with E-state index in [1.807, 2.05) is 35.7 Å². The maximum Gasteiger partial charge on any atom is 0.265 e. The third-order valence-corrected chi connectivity index (χ3v) is 4.52. The molecule has 0 fully saturated rings. The summed E-state index contributed by atoms with van der Waals surface area (Å²) in [5, 5.41) is 2.55. The third kappa shape index (κ3) is 1.87. The Labute approximate surface area is 129 Å². The fourth-order valence-corrected chi connectivity index (χ4v) is 3.26. The first kappa shape index (κ1) is 12.9. The van der Waals surface area contributed by atoms with Gasteiger partial charge in [0.15, 0.2) is 11.9 Å². The molecule has 3 aromatic heterocycles. The number of fused-ring (bicyclic) bond motifs is 2. The first-order valence-corrected chi connectivity index (χ1v) is 7.60. The molecule has 1 aromatic carbocycles. The Morgan fingerprint density at radius 1 is 1.14 bits per heavy atom.